The summed E-state index contributed by atoms with van der Waals surface area (Å²) in [6, 6.07) is 8.27. The second kappa shape index (κ2) is 7.17. The number of carbonyl (C=O) groups excluding carboxylic acids is 1. The van der Waals surface area contributed by atoms with Gasteiger partial charge in [0.25, 0.3) is 5.91 Å². The Kier molecular flexibility index (Phi) is 5.55. The number of carboxylic acids is 1. The van der Waals surface area contributed by atoms with Crippen molar-refractivity contribution in [2.45, 2.75) is 32.2 Å². The highest BCUT2D eigenvalue weighted by molar-refractivity contribution is 5.94. The van der Waals surface area contributed by atoms with Crippen LogP contribution in [0.2, 0.25) is 0 Å². The molecule has 0 aromatic heterocycles. The van der Waals surface area contributed by atoms with Crippen molar-refractivity contribution in [2.24, 2.45) is 0 Å². The third-order valence-corrected chi connectivity index (χ3v) is 2.68. The van der Waals surface area contributed by atoms with Crippen LogP contribution in [0.5, 0.6) is 0 Å². The lowest BCUT2D eigenvalue weighted by atomic mass is 10.1. The van der Waals surface area contributed by atoms with E-state index in [4.69, 9.17) is 10.4 Å². The molecule has 0 aliphatic heterocycles. The van der Waals surface area contributed by atoms with Gasteiger partial charge in [-0.3, -0.25) is 9.59 Å². The van der Waals surface area contributed by atoms with Gasteiger partial charge in [-0.1, -0.05) is 0 Å². The minimum atomic E-state index is -0.828. The molecule has 0 aliphatic rings. The standard InChI is InChI=1S/C14H16N2O3/c1-10(3-2-4-13(17)18)16-14(19)12-7-5-11(9-15)6-8-12/h5-8,10H,2-4H2,1H3,(H,16,19)(H,17,18). The average molecular weight is 260 g/mol. The highest BCUT2D eigenvalue weighted by atomic mass is 16.4. The first-order valence-corrected chi connectivity index (χ1v) is 6.05. The molecule has 0 aliphatic carbocycles. The van der Waals surface area contributed by atoms with E-state index in [-0.39, 0.29) is 18.4 Å². The molecule has 1 rings (SSSR count). The molecule has 1 aromatic rings. The first-order valence-electron chi connectivity index (χ1n) is 6.05. The van der Waals surface area contributed by atoms with Crippen LogP contribution in [0.15, 0.2) is 24.3 Å². The quantitative estimate of drug-likeness (QED) is 0.817. The van der Waals surface area contributed by atoms with E-state index in [1.165, 1.54) is 0 Å². The summed E-state index contributed by atoms with van der Waals surface area (Å²) in [5, 5.41) is 20.0. The van der Waals surface area contributed by atoms with Gasteiger partial charge in [0.15, 0.2) is 0 Å². The van der Waals surface area contributed by atoms with Gasteiger partial charge in [0.1, 0.15) is 0 Å². The van der Waals surface area contributed by atoms with E-state index >= 15 is 0 Å². The number of amides is 1. The normalized spacial score (nSPS) is 11.4. The third-order valence-electron chi connectivity index (χ3n) is 2.68. The number of carbonyl (C=O) groups is 2. The van der Waals surface area contributed by atoms with Crippen LogP contribution in [0.25, 0.3) is 0 Å². The number of nitrogens with zero attached hydrogens (tertiary/aromatic N) is 1. The van der Waals surface area contributed by atoms with E-state index < -0.39 is 5.97 Å². The molecule has 100 valence electrons. The fourth-order valence-corrected chi connectivity index (χ4v) is 1.63. The smallest absolute Gasteiger partial charge is 0.303 e. The number of nitriles is 1. The van der Waals surface area contributed by atoms with Crippen molar-refractivity contribution in [3.8, 4) is 6.07 Å². The monoisotopic (exact) mass is 260 g/mol. The van der Waals surface area contributed by atoms with E-state index in [0.717, 1.165) is 0 Å². The molecule has 2 N–H and O–H groups in total. The molecular weight excluding hydrogens is 244 g/mol. The molecule has 0 saturated heterocycles. The Labute approximate surface area is 111 Å². The maximum absolute atomic E-state index is 11.8. The zero-order chi connectivity index (χ0) is 14.3. The summed E-state index contributed by atoms with van der Waals surface area (Å²) in [6.07, 6.45) is 1.26. The molecule has 0 fully saturated rings. The molecule has 5 heteroatoms. The van der Waals surface area contributed by atoms with Gasteiger partial charge < -0.3 is 10.4 Å². The van der Waals surface area contributed by atoms with E-state index in [9.17, 15) is 9.59 Å². The predicted molar refractivity (Wildman–Crippen MR) is 69.6 cm³/mol. The van der Waals surface area contributed by atoms with Crippen molar-refractivity contribution in [3.63, 3.8) is 0 Å². The fraction of sp³-hybridized carbons (Fsp3) is 0.357. The maximum atomic E-state index is 11.8. The van der Waals surface area contributed by atoms with Gasteiger partial charge in [-0.25, -0.2) is 0 Å². The highest BCUT2D eigenvalue weighted by Gasteiger charge is 2.10. The van der Waals surface area contributed by atoms with Crippen molar-refractivity contribution in [2.75, 3.05) is 0 Å². The number of hydrogen-bond donors (Lipinski definition) is 2. The van der Waals surface area contributed by atoms with Crippen LogP contribution in [0.3, 0.4) is 0 Å². The molecular formula is C14H16N2O3. The lowest BCUT2D eigenvalue weighted by molar-refractivity contribution is -0.137. The topological polar surface area (TPSA) is 90.2 Å². The molecule has 1 amide bonds. The molecule has 5 nitrogen and oxygen atoms in total. The third kappa shape index (κ3) is 5.21. The van der Waals surface area contributed by atoms with Crippen LogP contribution in [-0.2, 0) is 4.79 Å². The maximum Gasteiger partial charge on any atom is 0.303 e. The van der Waals surface area contributed by atoms with Crippen molar-refractivity contribution < 1.29 is 14.7 Å². The van der Waals surface area contributed by atoms with Gasteiger partial charge in [0, 0.05) is 18.0 Å². The molecule has 0 radical (unpaired) electrons. The zero-order valence-electron chi connectivity index (χ0n) is 10.7. The molecule has 1 aromatic carbocycles. The number of rotatable bonds is 6. The van der Waals surface area contributed by atoms with Gasteiger partial charge in [-0.15, -0.1) is 0 Å². The molecule has 0 bridgehead atoms. The largest absolute Gasteiger partial charge is 0.481 e. The Hall–Kier alpha value is -2.35. The van der Waals surface area contributed by atoms with Crippen molar-refractivity contribution >= 4 is 11.9 Å². The van der Waals surface area contributed by atoms with Crippen LogP contribution in [-0.4, -0.2) is 23.0 Å². The molecule has 1 unspecified atom stereocenters. The summed E-state index contributed by atoms with van der Waals surface area (Å²) >= 11 is 0. The number of aliphatic carboxylic acids is 1. The Morgan fingerprint density at radius 3 is 2.53 bits per heavy atom. The van der Waals surface area contributed by atoms with Crippen molar-refractivity contribution in [3.05, 3.63) is 35.4 Å². The SMILES string of the molecule is CC(CCCC(=O)O)NC(=O)c1ccc(C#N)cc1. The average Bonchev–Trinajstić information content (AvgIpc) is 2.38. The summed E-state index contributed by atoms with van der Waals surface area (Å²) in [7, 11) is 0. The number of benzene rings is 1. The number of nitrogens with one attached hydrogen (secondary N) is 1. The molecule has 1 atom stereocenters. The molecule has 0 saturated carbocycles. The van der Waals surface area contributed by atoms with Crippen LogP contribution < -0.4 is 5.32 Å². The summed E-state index contributed by atoms with van der Waals surface area (Å²) in [5.74, 6) is -1.04. The van der Waals surface area contributed by atoms with Gasteiger partial charge in [-0.2, -0.15) is 5.26 Å². The Bertz CT molecular complexity index is 488. The fourth-order valence-electron chi connectivity index (χ4n) is 1.63. The van der Waals surface area contributed by atoms with E-state index in [0.29, 0.717) is 24.0 Å². The summed E-state index contributed by atoms with van der Waals surface area (Å²) in [5.41, 5.74) is 0.996. The van der Waals surface area contributed by atoms with E-state index in [2.05, 4.69) is 5.32 Å². The number of hydrogen-bond acceptors (Lipinski definition) is 3. The zero-order valence-corrected chi connectivity index (χ0v) is 10.7. The second-order valence-corrected chi connectivity index (χ2v) is 4.35. The summed E-state index contributed by atoms with van der Waals surface area (Å²) < 4.78 is 0. The summed E-state index contributed by atoms with van der Waals surface area (Å²) in [4.78, 5) is 22.2. The molecule has 0 heterocycles. The Morgan fingerprint density at radius 2 is 2.00 bits per heavy atom. The van der Waals surface area contributed by atoms with E-state index in [1.54, 1.807) is 24.3 Å². The predicted octanol–water partition coefficient (Wildman–Crippen LogP) is 1.93. The van der Waals surface area contributed by atoms with Crippen LogP contribution in [0, 0.1) is 11.3 Å². The van der Waals surface area contributed by atoms with E-state index in [1.807, 2.05) is 13.0 Å². The Morgan fingerprint density at radius 1 is 1.37 bits per heavy atom. The lowest BCUT2D eigenvalue weighted by Crippen LogP contribution is -2.32. The lowest BCUT2D eigenvalue weighted by Gasteiger charge is -2.13. The Balaban J connectivity index is 2.45. The summed E-state index contributed by atoms with van der Waals surface area (Å²) in [6.45, 7) is 1.84. The van der Waals surface area contributed by atoms with Gasteiger partial charge in [-0.05, 0) is 44.0 Å². The van der Waals surface area contributed by atoms with Crippen LogP contribution in [0.4, 0.5) is 0 Å². The van der Waals surface area contributed by atoms with Crippen LogP contribution >= 0.6 is 0 Å². The molecule has 19 heavy (non-hydrogen) atoms. The first-order chi connectivity index (χ1) is 9.02. The van der Waals surface area contributed by atoms with Gasteiger partial charge in [0.2, 0.25) is 0 Å². The number of carboxylic acid groups (broad SMARTS) is 1. The van der Waals surface area contributed by atoms with Crippen molar-refractivity contribution in [1.29, 1.82) is 5.26 Å². The first kappa shape index (κ1) is 14.7. The highest BCUT2D eigenvalue weighted by Crippen LogP contribution is 2.05. The second-order valence-electron chi connectivity index (χ2n) is 4.35. The minimum absolute atomic E-state index is 0.0810. The minimum Gasteiger partial charge on any atom is -0.481 e. The van der Waals surface area contributed by atoms with Crippen molar-refractivity contribution in [1.82, 2.24) is 5.32 Å². The molecule has 0 spiro atoms. The van der Waals surface area contributed by atoms with Crippen LogP contribution in [0.1, 0.15) is 42.1 Å². The van der Waals surface area contributed by atoms with Gasteiger partial charge >= 0.3 is 5.97 Å². The van der Waals surface area contributed by atoms with Gasteiger partial charge in [0.05, 0.1) is 11.6 Å².